The SMILES string of the molecule is C=C(C)CNC(N)=NCC(O)c1ccc(C)cc1.I. The molecule has 1 aromatic rings. The Morgan fingerprint density at radius 1 is 1.42 bits per heavy atom. The number of benzene rings is 1. The number of rotatable bonds is 5. The maximum Gasteiger partial charge on any atom is 0.188 e. The maximum atomic E-state index is 9.93. The summed E-state index contributed by atoms with van der Waals surface area (Å²) >= 11 is 0. The monoisotopic (exact) mass is 375 g/mol. The normalized spacial score (nSPS) is 12.5. The van der Waals surface area contributed by atoms with Crippen molar-refractivity contribution in [2.24, 2.45) is 10.7 Å². The zero-order chi connectivity index (χ0) is 13.5. The van der Waals surface area contributed by atoms with Gasteiger partial charge in [-0.05, 0) is 19.4 Å². The van der Waals surface area contributed by atoms with Crippen LogP contribution in [0, 0.1) is 6.92 Å². The molecule has 0 fully saturated rings. The van der Waals surface area contributed by atoms with Crippen LogP contribution in [-0.2, 0) is 0 Å². The minimum absolute atomic E-state index is 0. The van der Waals surface area contributed by atoms with Crippen molar-refractivity contribution in [2.45, 2.75) is 20.0 Å². The molecule has 5 heteroatoms. The first kappa shape index (κ1) is 17.9. The molecule has 19 heavy (non-hydrogen) atoms. The molecular weight excluding hydrogens is 353 g/mol. The second-order valence-corrected chi connectivity index (χ2v) is 4.46. The molecule has 0 heterocycles. The van der Waals surface area contributed by atoms with Gasteiger partial charge >= 0.3 is 0 Å². The number of aliphatic imine (C=N–C) groups is 1. The average molecular weight is 375 g/mol. The molecular formula is C14H22IN3O. The first-order valence-electron chi connectivity index (χ1n) is 5.92. The van der Waals surface area contributed by atoms with Crippen molar-refractivity contribution in [3.05, 3.63) is 47.5 Å². The summed E-state index contributed by atoms with van der Waals surface area (Å²) in [7, 11) is 0. The topological polar surface area (TPSA) is 70.6 Å². The molecule has 0 saturated carbocycles. The number of nitrogens with one attached hydrogen (secondary N) is 1. The van der Waals surface area contributed by atoms with Crippen LogP contribution >= 0.6 is 24.0 Å². The zero-order valence-corrected chi connectivity index (χ0v) is 13.7. The molecule has 1 atom stereocenters. The molecule has 1 aromatic carbocycles. The number of aliphatic hydroxyl groups is 1. The van der Waals surface area contributed by atoms with Gasteiger partial charge in [0.25, 0.3) is 0 Å². The van der Waals surface area contributed by atoms with Gasteiger partial charge in [0.2, 0.25) is 0 Å². The summed E-state index contributed by atoms with van der Waals surface area (Å²) in [6.07, 6.45) is -0.629. The molecule has 0 bridgehead atoms. The number of aryl methyl sites for hydroxylation is 1. The van der Waals surface area contributed by atoms with Crippen molar-refractivity contribution < 1.29 is 5.11 Å². The molecule has 106 valence electrons. The van der Waals surface area contributed by atoms with E-state index in [1.54, 1.807) is 0 Å². The summed E-state index contributed by atoms with van der Waals surface area (Å²) in [5.74, 6) is 0.323. The van der Waals surface area contributed by atoms with E-state index in [0.29, 0.717) is 12.5 Å². The third-order valence-corrected chi connectivity index (χ3v) is 2.47. The first-order chi connectivity index (χ1) is 8.49. The Kier molecular flexibility index (Phi) is 8.42. The van der Waals surface area contributed by atoms with Gasteiger partial charge in [-0.15, -0.1) is 24.0 Å². The van der Waals surface area contributed by atoms with E-state index in [2.05, 4.69) is 16.9 Å². The van der Waals surface area contributed by atoms with E-state index in [1.807, 2.05) is 38.1 Å². The molecule has 0 aromatic heterocycles. The summed E-state index contributed by atoms with van der Waals surface area (Å²) in [6, 6.07) is 7.72. The highest BCUT2D eigenvalue weighted by Crippen LogP contribution is 2.13. The van der Waals surface area contributed by atoms with Gasteiger partial charge in [-0.3, -0.25) is 4.99 Å². The van der Waals surface area contributed by atoms with Crippen molar-refractivity contribution >= 4 is 29.9 Å². The molecule has 0 spiro atoms. The highest BCUT2D eigenvalue weighted by molar-refractivity contribution is 14.0. The van der Waals surface area contributed by atoms with Crippen molar-refractivity contribution in [2.75, 3.05) is 13.1 Å². The Hall–Kier alpha value is -1.08. The largest absolute Gasteiger partial charge is 0.386 e. The number of aliphatic hydroxyl groups excluding tert-OH is 1. The van der Waals surface area contributed by atoms with Crippen LogP contribution in [0.1, 0.15) is 24.2 Å². The van der Waals surface area contributed by atoms with Gasteiger partial charge in [0.1, 0.15) is 0 Å². The average Bonchev–Trinajstić information content (AvgIpc) is 2.34. The quantitative estimate of drug-likeness (QED) is 0.320. The lowest BCUT2D eigenvalue weighted by molar-refractivity contribution is 0.187. The highest BCUT2D eigenvalue weighted by Gasteiger charge is 2.06. The number of nitrogens with two attached hydrogens (primary N) is 1. The second kappa shape index (κ2) is 8.92. The van der Waals surface area contributed by atoms with Crippen molar-refractivity contribution in [1.82, 2.24) is 5.32 Å². The third kappa shape index (κ3) is 7.17. The first-order valence-corrected chi connectivity index (χ1v) is 5.92. The predicted octanol–water partition coefficient (Wildman–Crippen LogP) is 2.13. The lowest BCUT2D eigenvalue weighted by Crippen LogP contribution is -2.33. The molecule has 0 saturated heterocycles. The minimum atomic E-state index is -0.629. The van der Waals surface area contributed by atoms with Crippen molar-refractivity contribution in [3.63, 3.8) is 0 Å². The molecule has 0 aliphatic carbocycles. The van der Waals surface area contributed by atoms with Gasteiger partial charge in [-0.1, -0.05) is 42.0 Å². The van der Waals surface area contributed by atoms with Crippen LogP contribution in [0.3, 0.4) is 0 Å². The van der Waals surface area contributed by atoms with Crippen LogP contribution in [0.4, 0.5) is 0 Å². The van der Waals surface area contributed by atoms with Crippen LogP contribution in [0.25, 0.3) is 0 Å². The summed E-state index contributed by atoms with van der Waals surface area (Å²) in [4.78, 5) is 4.09. The summed E-state index contributed by atoms with van der Waals surface area (Å²) in [5, 5.41) is 12.8. The fraction of sp³-hybridized carbons (Fsp3) is 0.357. The number of hydrogen-bond donors (Lipinski definition) is 3. The summed E-state index contributed by atoms with van der Waals surface area (Å²) in [6.45, 7) is 8.51. The van der Waals surface area contributed by atoms with E-state index in [4.69, 9.17) is 5.73 Å². The number of guanidine groups is 1. The lowest BCUT2D eigenvalue weighted by Gasteiger charge is -2.10. The van der Waals surface area contributed by atoms with Crippen molar-refractivity contribution in [3.8, 4) is 0 Å². The Morgan fingerprint density at radius 2 is 2.00 bits per heavy atom. The van der Waals surface area contributed by atoms with Gasteiger partial charge in [-0.25, -0.2) is 0 Å². The fourth-order valence-electron chi connectivity index (χ4n) is 1.38. The molecule has 0 radical (unpaired) electrons. The van der Waals surface area contributed by atoms with E-state index in [1.165, 1.54) is 0 Å². The second-order valence-electron chi connectivity index (χ2n) is 4.46. The summed E-state index contributed by atoms with van der Waals surface area (Å²) < 4.78 is 0. The van der Waals surface area contributed by atoms with E-state index < -0.39 is 6.10 Å². The molecule has 4 N–H and O–H groups in total. The number of halogens is 1. The zero-order valence-electron chi connectivity index (χ0n) is 11.4. The molecule has 4 nitrogen and oxygen atoms in total. The smallest absolute Gasteiger partial charge is 0.188 e. The molecule has 0 amide bonds. The van der Waals surface area contributed by atoms with E-state index in [0.717, 1.165) is 16.7 Å². The molecule has 0 aliphatic heterocycles. The van der Waals surface area contributed by atoms with Gasteiger partial charge in [0, 0.05) is 6.54 Å². The maximum absolute atomic E-state index is 9.93. The Morgan fingerprint density at radius 3 is 2.53 bits per heavy atom. The van der Waals surface area contributed by atoms with Gasteiger partial charge in [0.15, 0.2) is 5.96 Å². The van der Waals surface area contributed by atoms with Gasteiger partial charge in [0.05, 0.1) is 12.6 Å². The van der Waals surface area contributed by atoms with Gasteiger partial charge < -0.3 is 16.2 Å². The Balaban J connectivity index is 0.00000324. The Labute approximate surface area is 131 Å². The number of nitrogens with zero attached hydrogens (tertiary/aromatic N) is 1. The van der Waals surface area contributed by atoms with Crippen LogP contribution in [0.15, 0.2) is 41.4 Å². The third-order valence-electron chi connectivity index (χ3n) is 2.47. The Bertz CT molecular complexity index is 429. The van der Waals surface area contributed by atoms with E-state index in [9.17, 15) is 5.11 Å². The number of hydrogen-bond acceptors (Lipinski definition) is 2. The van der Waals surface area contributed by atoms with E-state index >= 15 is 0 Å². The van der Waals surface area contributed by atoms with E-state index in [-0.39, 0.29) is 30.5 Å². The standard InChI is InChI=1S/C14H21N3O.HI/c1-10(2)8-16-14(15)17-9-13(18)12-6-4-11(3)5-7-12;/h4-7,13,18H,1,8-9H2,2-3H3,(H3,15,16,17);1H. The summed E-state index contributed by atoms with van der Waals surface area (Å²) in [5.41, 5.74) is 8.65. The predicted molar refractivity (Wildman–Crippen MR) is 90.9 cm³/mol. The van der Waals surface area contributed by atoms with Crippen LogP contribution in [0.5, 0.6) is 0 Å². The molecule has 1 rings (SSSR count). The molecule has 0 aliphatic rings. The van der Waals surface area contributed by atoms with Crippen LogP contribution < -0.4 is 11.1 Å². The molecule has 1 unspecified atom stereocenters. The van der Waals surface area contributed by atoms with Gasteiger partial charge in [-0.2, -0.15) is 0 Å². The fourth-order valence-corrected chi connectivity index (χ4v) is 1.38. The van der Waals surface area contributed by atoms with Crippen LogP contribution in [0.2, 0.25) is 0 Å². The lowest BCUT2D eigenvalue weighted by atomic mass is 10.1. The van der Waals surface area contributed by atoms with Crippen LogP contribution in [-0.4, -0.2) is 24.2 Å². The van der Waals surface area contributed by atoms with Crippen molar-refractivity contribution in [1.29, 1.82) is 0 Å². The highest BCUT2D eigenvalue weighted by atomic mass is 127. The minimum Gasteiger partial charge on any atom is -0.386 e.